The van der Waals surface area contributed by atoms with Crippen molar-refractivity contribution in [3.05, 3.63) is 70.8 Å². The van der Waals surface area contributed by atoms with Crippen molar-refractivity contribution in [2.45, 2.75) is 40.5 Å². The molecule has 0 aliphatic heterocycles. The van der Waals surface area contributed by atoms with E-state index in [0.29, 0.717) is 24.0 Å². The van der Waals surface area contributed by atoms with Gasteiger partial charge in [-0.3, -0.25) is 7.42 Å². The summed E-state index contributed by atoms with van der Waals surface area (Å²) < 4.78 is 9.30. The molecule has 0 fully saturated rings. The summed E-state index contributed by atoms with van der Waals surface area (Å²) in [5.74, 6) is 2.30. The molecule has 0 radical (unpaired) electrons. The van der Waals surface area contributed by atoms with Gasteiger partial charge >= 0.3 is 11.9 Å². The van der Waals surface area contributed by atoms with E-state index in [1.807, 2.05) is 19.6 Å². The largest absolute Gasteiger partial charge is 0.386 e. The average molecular weight is 613 g/mol. The first-order valence-corrected chi connectivity index (χ1v) is 16.5. The van der Waals surface area contributed by atoms with Crippen molar-refractivity contribution < 1.29 is 14.3 Å². The summed E-state index contributed by atoms with van der Waals surface area (Å²) in [5, 5.41) is 0. The zero-order valence-electron chi connectivity index (χ0n) is 21.4. The van der Waals surface area contributed by atoms with Gasteiger partial charge in [0.15, 0.2) is 0 Å². The number of benzene rings is 2. The van der Waals surface area contributed by atoms with Gasteiger partial charge in [-0.1, -0.05) is 76.4 Å². The average Bonchev–Trinajstić information content (AvgIpc) is 2.88. The van der Waals surface area contributed by atoms with E-state index in [1.165, 1.54) is 0 Å². The SMILES string of the molecule is CCSN(SCC)C(=S)Cc1cccc(C(=O)OC(=O)c2cccc(CC(=S)N(SCC)SCC)c2)c1. The van der Waals surface area contributed by atoms with Crippen molar-refractivity contribution in [2.24, 2.45) is 0 Å². The fraction of sp³-hybridized carbons (Fsp3) is 0.385. The van der Waals surface area contributed by atoms with E-state index in [0.717, 1.165) is 44.1 Å². The molecule has 5 nitrogen and oxygen atoms in total. The summed E-state index contributed by atoms with van der Waals surface area (Å²) in [4.78, 5) is 27.1. The molecule has 0 heterocycles. The lowest BCUT2D eigenvalue weighted by molar-refractivity contribution is 0.0397. The second-order valence-corrected chi connectivity index (χ2v) is 13.6. The van der Waals surface area contributed by atoms with Crippen LogP contribution < -0.4 is 0 Å². The standard InChI is InChI=1S/C26H32N2O3S6/c1-5-34-27(35-6-2)23(32)17-19-11-9-13-21(15-19)25(29)31-26(30)22-14-10-12-20(16-22)18-24(33)28(36-7-3)37-8-4/h9-16H,5-8,17-18H2,1-4H3. The Morgan fingerprint density at radius 2 is 1.03 bits per heavy atom. The van der Waals surface area contributed by atoms with Crippen LogP contribution >= 0.6 is 72.2 Å². The second kappa shape index (κ2) is 17.4. The van der Waals surface area contributed by atoms with E-state index >= 15 is 0 Å². The number of nitrogens with zero attached hydrogens (tertiary/aromatic N) is 2. The molecule has 11 heteroatoms. The predicted octanol–water partition coefficient (Wildman–Crippen LogP) is 7.70. The van der Waals surface area contributed by atoms with Crippen LogP contribution in [0.15, 0.2) is 48.5 Å². The third-order valence-corrected chi connectivity index (χ3v) is 9.85. The number of carbonyl (C=O) groups excluding carboxylic acids is 2. The van der Waals surface area contributed by atoms with Gasteiger partial charge in [0.2, 0.25) is 0 Å². The highest BCUT2D eigenvalue weighted by Gasteiger charge is 2.18. The number of carbonyl (C=O) groups is 2. The number of hydrogen-bond donors (Lipinski definition) is 0. The van der Waals surface area contributed by atoms with Gasteiger partial charge in [-0.05, 0) is 83.2 Å². The summed E-state index contributed by atoms with van der Waals surface area (Å²) in [5.41, 5.74) is 2.40. The number of hydrogen-bond acceptors (Lipinski definition) is 9. The van der Waals surface area contributed by atoms with Crippen LogP contribution in [-0.2, 0) is 17.6 Å². The maximum absolute atomic E-state index is 12.8. The van der Waals surface area contributed by atoms with E-state index in [2.05, 4.69) is 27.7 Å². The highest BCUT2D eigenvalue weighted by Crippen LogP contribution is 2.25. The van der Waals surface area contributed by atoms with E-state index in [4.69, 9.17) is 29.2 Å². The maximum Gasteiger partial charge on any atom is 0.346 e. The van der Waals surface area contributed by atoms with Gasteiger partial charge in [-0.2, -0.15) is 0 Å². The molecule has 0 amide bonds. The maximum atomic E-state index is 12.8. The minimum Gasteiger partial charge on any atom is -0.386 e. The van der Waals surface area contributed by atoms with Crippen LogP contribution in [0.25, 0.3) is 0 Å². The Morgan fingerprint density at radius 1 is 0.676 bits per heavy atom. The van der Waals surface area contributed by atoms with Crippen LogP contribution in [0.4, 0.5) is 0 Å². The number of esters is 2. The Hall–Kier alpha value is -1.24. The van der Waals surface area contributed by atoms with Crippen LogP contribution in [0.1, 0.15) is 59.5 Å². The zero-order chi connectivity index (χ0) is 27.2. The van der Waals surface area contributed by atoms with Gasteiger partial charge < -0.3 is 4.74 Å². The van der Waals surface area contributed by atoms with Crippen molar-refractivity contribution >= 4 is 94.1 Å². The van der Waals surface area contributed by atoms with Crippen LogP contribution in [0.5, 0.6) is 0 Å². The van der Waals surface area contributed by atoms with E-state index in [9.17, 15) is 9.59 Å². The van der Waals surface area contributed by atoms with Crippen LogP contribution in [0, 0.1) is 0 Å². The predicted molar refractivity (Wildman–Crippen MR) is 171 cm³/mol. The highest BCUT2D eigenvalue weighted by molar-refractivity contribution is 8.14. The lowest BCUT2D eigenvalue weighted by Crippen LogP contribution is -2.19. The third-order valence-electron chi connectivity index (χ3n) is 4.61. The molecule has 0 N–H and O–H groups in total. The third kappa shape index (κ3) is 10.8. The Balaban J connectivity index is 2.05. The summed E-state index contributed by atoms with van der Waals surface area (Å²) in [6.07, 6.45) is 1.05. The molecule has 0 aliphatic rings. The summed E-state index contributed by atoms with van der Waals surface area (Å²) in [6.45, 7) is 8.33. The molecule has 0 atom stereocenters. The van der Waals surface area contributed by atoms with Gasteiger partial charge in [-0.15, -0.1) is 0 Å². The summed E-state index contributed by atoms with van der Waals surface area (Å²) >= 11 is 17.9. The van der Waals surface area contributed by atoms with Gasteiger partial charge in [-0.25, -0.2) is 9.59 Å². The van der Waals surface area contributed by atoms with E-state index < -0.39 is 11.9 Å². The summed E-state index contributed by atoms with van der Waals surface area (Å²) in [7, 11) is 0. The molecule has 2 aromatic carbocycles. The number of ether oxygens (including phenoxy) is 1. The van der Waals surface area contributed by atoms with Gasteiger partial charge in [0.05, 0.1) is 11.1 Å². The zero-order valence-corrected chi connectivity index (χ0v) is 26.3. The molecule has 37 heavy (non-hydrogen) atoms. The van der Waals surface area contributed by atoms with Gasteiger partial charge in [0.25, 0.3) is 0 Å². The fourth-order valence-electron chi connectivity index (χ4n) is 3.13. The summed E-state index contributed by atoms with van der Waals surface area (Å²) in [6, 6.07) is 14.1. The van der Waals surface area contributed by atoms with Gasteiger partial charge in [0.1, 0.15) is 9.98 Å². The molecule has 0 saturated carbocycles. The van der Waals surface area contributed by atoms with Crippen molar-refractivity contribution in [1.82, 2.24) is 7.42 Å². The highest BCUT2D eigenvalue weighted by atomic mass is 32.2. The van der Waals surface area contributed by atoms with Gasteiger partial charge in [0, 0.05) is 35.9 Å². The topological polar surface area (TPSA) is 49.9 Å². The minimum absolute atomic E-state index is 0.313. The quantitative estimate of drug-likeness (QED) is 0.0913. The Bertz CT molecular complexity index is 986. The first-order valence-electron chi connectivity index (χ1n) is 11.9. The molecule has 0 bridgehead atoms. The molecule has 0 saturated heterocycles. The monoisotopic (exact) mass is 612 g/mol. The molecule has 200 valence electrons. The van der Waals surface area contributed by atoms with Crippen molar-refractivity contribution in [1.29, 1.82) is 0 Å². The lowest BCUT2D eigenvalue weighted by atomic mass is 10.1. The molecule has 0 aliphatic carbocycles. The molecule has 2 aromatic rings. The van der Waals surface area contributed by atoms with Crippen LogP contribution in [0.3, 0.4) is 0 Å². The molecule has 2 rings (SSSR count). The van der Waals surface area contributed by atoms with E-state index in [-0.39, 0.29) is 0 Å². The first-order chi connectivity index (χ1) is 17.8. The van der Waals surface area contributed by atoms with Crippen molar-refractivity contribution in [2.75, 3.05) is 23.0 Å². The molecule has 0 aromatic heterocycles. The lowest BCUT2D eigenvalue weighted by Gasteiger charge is -2.21. The number of thiocarbonyl (C=S) groups is 2. The molecule has 0 unspecified atom stereocenters. The minimum atomic E-state index is -0.689. The second-order valence-electron chi connectivity index (χ2n) is 7.40. The Kier molecular flexibility index (Phi) is 15.0. The van der Waals surface area contributed by atoms with E-state index in [1.54, 1.807) is 84.2 Å². The van der Waals surface area contributed by atoms with Crippen LogP contribution in [-0.4, -0.2) is 52.3 Å². The molecular weight excluding hydrogens is 581 g/mol. The number of rotatable bonds is 14. The van der Waals surface area contributed by atoms with Crippen molar-refractivity contribution in [3.63, 3.8) is 0 Å². The molecule has 0 spiro atoms. The fourth-order valence-corrected chi connectivity index (χ4v) is 7.73. The smallest absolute Gasteiger partial charge is 0.346 e. The van der Waals surface area contributed by atoms with Crippen LogP contribution in [0.2, 0.25) is 0 Å². The Morgan fingerprint density at radius 3 is 1.35 bits per heavy atom. The first kappa shape index (κ1) is 32.0. The van der Waals surface area contributed by atoms with Crippen molar-refractivity contribution in [3.8, 4) is 0 Å². The molecular formula is C26H32N2O3S6. The normalized spacial score (nSPS) is 10.6. The Labute approximate surface area is 248 Å².